The Morgan fingerprint density at radius 2 is 1.78 bits per heavy atom. The van der Waals surface area contributed by atoms with Gasteiger partial charge in [-0.25, -0.2) is 17.3 Å². The van der Waals surface area contributed by atoms with Crippen LogP contribution in [0, 0.1) is 11.6 Å². The monoisotopic (exact) mass is 510 g/mol. The molecule has 0 spiro atoms. The number of anilines is 2. The van der Waals surface area contributed by atoms with Gasteiger partial charge in [-0.15, -0.1) is 0 Å². The first kappa shape index (κ1) is 23.6. The van der Waals surface area contributed by atoms with Crippen LogP contribution in [0.5, 0.6) is 0 Å². The fraction of sp³-hybridized carbons (Fsp3) is 0.125. The molecule has 1 unspecified atom stereocenters. The maximum absolute atomic E-state index is 13.6. The number of nitrogens with zero attached hydrogens (tertiary/aromatic N) is 2. The third-order valence-electron chi connectivity index (χ3n) is 5.67. The molecule has 0 radical (unpaired) electrons. The van der Waals surface area contributed by atoms with Crippen molar-refractivity contribution in [2.45, 2.75) is 17.9 Å². The molecule has 0 fully saturated rings. The molecular weight excluding hydrogens is 490 g/mol. The average molecular weight is 511 g/mol. The minimum Gasteiger partial charge on any atom is -0.357 e. The summed E-state index contributed by atoms with van der Waals surface area (Å²) in [5.74, 6) is -2.28. The van der Waals surface area contributed by atoms with Gasteiger partial charge in [0.15, 0.2) is 5.82 Å². The van der Waals surface area contributed by atoms with E-state index in [4.69, 9.17) is 0 Å². The number of fused-ring (bicyclic) bond motifs is 1. The maximum atomic E-state index is 13.6. The summed E-state index contributed by atoms with van der Waals surface area (Å²) in [4.78, 5) is 28.4. The molecule has 9 nitrogen and oxygen atoms in total. The second kappa shape index (κ2) is 9.84. The summed E-state index contributed by atoms with van der Waals surface area (Å²) in [7, 11) is -1.82. The zero-order valence-corrected chi connectivity index (χ0v) is 19.5. The second-order valence-electron chi connectivity index (χ2n) is 8.03. The number of rotatable bonds is 6. The number of halogens is 2. The first-order valence-electron chi connectivity index (χ1n) is 10.9. The van der Waals surface area contributed by atoms with Crippen LogP contribution in [0.3, 0.4) is 0 Å². The van der Waals surface area contributed by atoms with Gasteiger partial charge in [0.1, 0.15) is 28.3 Å². The highest BCUT2D eigenvalue weighted by atomic mass is 32.2. The third kappa shape index (κ3) is 4.81. The Morgan fingerprint density at radius 1 is 1.00 bits per heavy atom. The van der Waals surface area contributed by atoms with E-state index < -0.39 is 34.4 Å². The van der Waals surface area contributed by atoms with Crippen LogP contribution in [-0.2, 0) is 24.0 Å². The molecule has 1 aliphatic heterocycles. The number of hydrogen-bond acceptors (Lipinski definition) is 4. The maximum Gasteiger partial charge on any atom is 0.272 e. The van der Waals surface area contributed by atoms with E-state index in [1.165, 1.54) is 0 Å². The predicted octanol–water partition coefficient (Wildman–Crippen LogP) is 3.60. The first-order valence-corrected chi connectivity index (χ1v) is 12.0. The van der Waals surface area contributed by atoms with Crippen molar-refractivity contribution >= 4 is 34.3 Å². The average Bonchev–Trinajstić information content (AvgIpc) is 3.54. The van der Waals surface area contributed by atoms with E-state index in [2.05, 4.69) is 25.8 Å². The molecule has 1 atom stereocenters. The fourth-order valence-electron chi connectivity index (χ4n) is 3.92. The molecule has 0 saturated carbocycles. The molecule has 0 bridgehead atoms. The molecule has 0 aliphatic carbocycles. The SMILES string of the molecule is O=C(Nc1ccccc1C(=O)Nc1n[nH]c2c1CN(S(=O)c1cc(F)cc(F)c1)CC2)c1ccc[nH]1. The highest BCUT2D eigenvalue weighted by molar-refractivity contribution is 7.82. The van der Waals surface area contributed by atoms with E-state index in [0.717, 1.165) is 23.9 Å². The molecule has 36 heavy (non-hydrogen) atoms. The van der Waals surface area contributed by atoms with E-state index >= 15 is 0 Å². The molecule has 0 saturated heterocycles. The van der Waals surface area contributed by atoms with Crippen molar-refractivity contribution in [1.29, 1.82) is 0 Å². The molecule has 1 aliphatic rings. The van der Waals surface area contributed by atoms with Gasteiger partial charge in [0.05, 0.1) is 16.1 Å². The summed E-state index contributed by atoms with van der Waals surface area (Å²) in [5.41, 5.74) is 2.26. The van der Waals surface area contributed by atoms with Crippen LogP contribution in [0.2, 0.25) is 0 Å². The van der Waals surface area contributed by atoms with Gasteiger partial charge in [0, 0.05) is 43.0 Å². The quantitative estimate of drug-likeness (QED) is 0.317. The zero-order valence-electron chi connectivity index (χ0n) is 18.7. The molecule has 184 valence electrons. The van der Waals surface area contributed by atoms with Crippen LogP contribution in [0.4, 0.5) is 20.3 Å². The van der Waals surface area contributed by atoms with Gasteiger partial charge < -0.3 is 15.6 Å². The Morgan fingerprint density at radius 3 is 2.53 bits per heavy atom. The van der Waals surface area contributed by atoms with Gasteiger partial charge in [-0.3, -0.25) is 14.7 Å². The Bertz CT molecular complexity index is 1450. The van der Waals surface area contributed by atoms with Crippen LogP contribution in [-0.4, -0.2) is 42.1 Å². The zero-order chi connectivity index (χ0) is 25.2. The number of benzene rings is 2. The van der Waals surface area contributed by atoms with Crippen LogP contribution in [0.25, 0.3) is 0 Å². The normalized spacial score (nSPS) is 14.2. The van der Waals surface area contributed by atoms with Crippen molar-refractivity contribution < 1.29 is 22.6 Å². The van der Waals surface area contributed by atoms with Gasteiger partial charge in [-0.05, 0) is 36.4 Å². The molecule has 2 aromatic heterocycles. The molecule has 2 amide bonds. The van der Waals surface area contributed by atoms with Crippen molar-refractivity contribution in [3.8, 4) is 0 Å². The number of para-hydroxylation sites is 1. The topological polar surface area (TPSA) is 123 Å². The molecule has 3 heterocycles. The van der Waals surface area contributed by atoms with Crippen molar-refractivity contribution in [1.82, 2.24) is 19.5 Å². The number of H-pyrrole nitrogens is 2. The third-order valence-corrected chi connectivity index (χ3v) is 7.08. The summed E-state index contributed by atoms with van der Waals surface area (Å²) >= 11 is 0. The Labute approximate surface area is 206 Å². The standard InChI is InChI=1S/C24H20F2N6O3S/c25-14-10-15(26)12-16(11-14)36(35)32-9-7-20-18(13-32)22(31-30-20)29-23(33)17-4-1-2-5-19(17)28-24(34)21-6-3-8-27-21/h1-6,8,10-12,27H,7,9,13H2,(H,28,34)(H2,29,30,31,33). The van der Waals surface area contributed by atoms with E-state index in [1.807, 2.05) is 0 Å². The number of aromatic nitrogens is 3. The van der Waals surface area contributed by atoms with Gasteiger partial charge in [0.25, 0.3) is 11.8 Å². The number of carbonyl (C=O) groups excluding carboxylic acids is 2. The lowest BCUT2D eigenvalue weighted by atomic mass is 10.1. The number of carbonyl (C=O) groups is 2. The van der Waals surface area contributed by atoms with Crippen molar-refractivity contribution in [3.05, 3.63) is 94.9 Å². The largest absolute Gasteiger partial charge is 0.357 e. The fourth-order valence-corrected chi connectivity index (χ4v) is 5.15. The van der Waals surface area contributed by atoms with E-state index in [0.29, 0.717) is 29.9 Å². The van der Waals surface area contributed by atoms with Crippen molar-refractivity contribution in [3.63, 3.8) is 0 Å². The Kier molecular flexibility index (Phi) is 6.44. The van der Waals surface area contributed by atoms with Crippen LogP contribution in [0.1, 0.15) is 32.1 Å². The summed E-state index contributed by atoms with van der Waals surface area (Å²) in [5, 5.41) is 12.5. The van der Waals surface area contributed by atoms with Crippen molar-refractivity contribution in [2.24, 2.45) is 0 Å². The molecule has 4 aromatic rings. The number of aromatic amines is 2. The summed E-state index contributed by atoms with van der Waals surface area (Å²) < 4.78 is 41.8. The predicted molar refractivity (Wildman–Crippen MR) is 129 cm³/mol. The molecule has 4 N–H and O–H groups in total. The summed E-state index contributed by atoms with van der Waals surface area (Å²) in [6.45, 7) is 0.498. The van der Waals surface area contributed by atoms with E-state index in [-0.39, 0.29) is 22.8 Å². The van der Waals surface area contributed by atoms with Crippen molar-refractivity contribution in [2.75, 3.05) is 17.2 Å². The van der Waals surface area contributed by atoms with Crippen LogP contribution >= 0.6 is 0 Å². The minimum atomic E-state index is -1.82. The molecule has 5 rings (SSSR count). The molecular formula is C24H20F2N6O3S. The molecule has 2 aromatic carbocycles. The Balaban J connectivity index is 1.34. The van der Waals surface area contributed by atoms with Gasteiger partial charge in [0.2, 0.25) is 0 Å². The highest BCUT2D eigenvalue weighted by Gasteiger charge is 2.28. The van der Waals surface area contributed by atoms with Crippen LogP contribution < -0.4 is 10.6 Å². The number of amides is 2. The van der Waals surface area contributed by atoms with Crippen LogP contribution in [0.15, 0.2) is 65.7 Å². The van der Waals surface area contributed by atoms with Gasteiger partial charge in [-0.2, -0.15) is 5.10 Å². The summed E-state index contributed by atoms with van der Waals surface area (Å²) in [6.07, 6.45) is 2.07. The number of nitrogens with one attached hydrogen (secondary N) is 4. The minimum absolute atomic E-state index is 0.0109. The summed E-state index contributed by atoms with van der Waals surface area (Å²) in [6, 6.07) is 12.6. The first-order chi connectivity index (χ1) is 17.4. The highest BCUT2D eigenvalue weighted by Crippen LogP contribution is 2.28. The lowest BCUT2D eigenvalue weighted by Gasteiger charge is -2.25. The van der Waals surface area contributed by atoms with E-state index in [1.54, 1.807) is 46.9 Å². The lowest BCUT2D eigenvalue weighted by molar-refractivity contribution is 0.102. The smallest absolute Gasteiger partial charge is 0.272 e. The number of hydrogen-bond donors (Lipinski definition) is 4. The van der Waals surface area contributed by atoms with Gasteiger partial charge in [-0.1, -0.05) is 12.1 Å². The molecule has 12 heteroatoms. The van der Waals surface area contributed by atoms with Gasteiger partial charge >= 0.3 is 0 Å². The second-order valence-corrected chi connectivity index (χ2v) is 9.52. The van der Waals surface area contributed by atoms with E-state index in [9.17, 15) is 22.6 Å². The Hall–Kier alpha value is -4.16. The lowest BCUT2D eigenvalue weighted by Crippen LogP contribution is -2.32.